The van der Waals surface area contributed by atoms with Crippen molar-refractivity contribution in [3.8, 4) is 0 Å². The van der Waals surface area contributed by atoms with E-state index in [1.807, 2.05) is 0 Å². The van der Waals surface area contributed by atoms with Crippen molar-refractivity contribution < 1.29 is 9.18 Å². The number of amides is 1. The third-order valence-corrected chi connectivity index (χ3v) is 3.87. The molecule has 5 nitrogen and oxygen atoms in total. The molecule has 0 saturated heterocycles. The van der Waals surface area contributed by atoms with Crippen molar-refractivity contribution in [3.05, 3.63) is 47.5 Å². The zero-order valence-corrected chi connectivity index (χ0v) is 13.8. The van der Waals surface area contributed by atoms with Crippen molar-refractivity contribution in [2.45, 2.75) is 46.2 Å². The van der Waals surface area contributed by atoms with Crippen molar-refractivity contribution >= 4 is 5.91 Å². The van der Waals surface area contributed by atoms with Crippen molar-refractivity contribution in [1.29, 1.82) is 0 Å². The summed E-state index contributed by atoms with van der Waals surface area (Å²) in [6.45, 7) is 6.45. The molecule has 0 aliphatic heterocycles. The van der Waals surface area contributed by atoms with Gasteiger partial charge >= 0.3 is 0 Å². The number of carbonyl (C=O) groups excluding carboxylic acids is 1. The van der Waals surface area contributed by atoms with Gasteiger partial charge in [0.2, 0.25) is 5.91 Å². The van der Waals surface area contributed by atoms with Crippen molar-refractivity contribution in [1.82, 2.24) is 20.3 Å². The van der Waals surface area contributed by atoms with Crippen LogP contribution in [0.4, 0.5) is 4.39 Å². The largest absolute Gasteiger partial charge is 0.351 e. The number of carbonyl (C=O) groups is 1. The van der Waals surface area contributed by atoms with E-state index in [0.29, 0.717) is 24.9 Å². The fourth-order valence-corrected chi connectivity index (χ4v) is 2.35. The van der Waals surface area contributed by atoms with Crippen LogP contribution in [0.2, 0.25) is 0 Å². The summed E-state index contributed by atoms with van der Waals surface area (Å²) < 4.78 is 15.0. The molecule has 124 valence electrons. The van der Waals surface area contributed by atoms with Gasteiger partial charge in [0.25, 0.3) is 0 Å². The molecule has 0 fully saturated rings. The van der Waals surface area contributed by atoms with Crippen LogP contribution in [0, 0.1) is 18.7 Å². The Morgan fingerprint density at radius 2 is 2.17 bits per heavy atom. The van der Waals surface area contributed by atoms with Gasteiger partial charge in [-0.2, -0.15) is 0 Å². The maximum absolute atomic E-state index is 13.2. The highest BCUT2D eigenvalue weighted by molar-refractivity contribution is 5.76. The second-order valence-corrected chi connectivity index (χ2v) is 6.13. The van der Waals surface area contributed by atoms with Crippen LogP contribution in [0.25, 0.3) is 0 Å². The van der Waals surface area contributed by atoms with Crippen molar-refractivity contribution in [2.24, 2.45) is 5.92 Å². The van der Waals surface area contributed by atoms with Gasteiger partial charge in [-0.3, -0.25) is 9.48 Å². The molecule has 0 spiro atoms. The number of aryl methyl sites for hydroxylation is 2. The van der Waals surface area contributed by atoms with E-state index in [-0.39, 0.29) is 23.7 Å². The number of hydrogen-bond acceptors (Lipinski definition) is 3. The molecule has 6 heteroatoms. The molecule has 1 amide bonds. The Bertz CT molecular complexity index is 640. The summed E-state index contributed by atoms with van der Waals surface area (Å²) >= 11 is 0. The van der Waals surface area contributed by atoms with Crippen molar-refractivity contribution in [3.63, 3.8) is 0 Å². The van der Waals surface area contributed by atoms with E-state index >= 15 is 0 Å². The van der Waals surface area contributed by atoms with E-state index in [1.54, 1.807) is 36.1 Å². The minimum Gasteiger partial charge on any atom is -0.351 e. The van der Waals surface area contributed by atoms with Gasteiger partial charge in [0, 0.05) is 12.6 Å². The minimum atomic E-state index is -0.217. The van der Waals surface area contributed by atoms with E-state index in [2.05, 4.69) is 29.5 Å². The lowest BCUT2D eigenvalue weighted by molar-refractivity contribution is -0.122. The molecule has 1 aromatic carbocycles. The Morgan fingerprint density at radius 3 is 2.78 bits per heavy atom. The van der Waals surface area contributed by atoms with E-state index in [0.717, 1.165) is 5.56 Å². The summed E-state index contributed by atoms with van der Waals surface area (Å²) in [6, 6.07) is 4.96. The van der Waals surface area contributed by atoms with Crippen molar-refractivity contribution in [2.75, 3.05) is 0 Å². The molecule has 0 aliphatic carbocycles. The molecule has 0 radical (unpaired) electrons. The minimum absolute atomic E-state index is 0.000783. The summed E-state index contributed by atoms with van der Waals surface area (Å²) in [7, 11) is 0. The SMILES string of the molecule is Cc1cc(CCC(=O)N[C@@H](Cn2ccnn2)C(C)C)ccc1F. The molecule has 1 atom stereocenters. The molecule has 23 heavy (non-hydrogen) atoms. The molecular weight excluding hydrogens is 295 g/mol. The molecule has 0 unspecified atom stereocenters. The Morgan fingerprint density at radius 1 is 1.39 bits per heavy atom. The molecule has 2 rings (SSSR count). The molecule has 1 heterocycles. The highest BCUT2D eigenvalue weighted by Gasteiger charge is 2.17. The van der Waals surface area contributed by atoms with E-state index in [9.17, 15) is 9.18 Å². The number of nitrogens with one attached hydrogen (secondary N) is 1. The van der Waals surface area contributed by atoms with Crippen LogP contribution in [-0.2, 0) is 17.8 Å². The summed E-state index contributed by atoms with van der Waals surface area (Å²) in [5.41, 5.74) is 1.57. The number of benzene rings is 1. The van der Waals surface area contributed by atoms with Gasteiger partial charge < -0.3 is 5.32 Å². The van der Waals surface area contributed by atoms with Crippen LogP contribution in [-0.4, -0.2) is 26.9 Å². The number of nitrogens with zero attached hydrogens (tertiary/aromatic N) is 3. The maximum Gasteiger partial charge on any atom is 0.220 e. The summed E-state index contributed by atoms with van der Waals surface area (Å²) in [5.74, 6) is 0.0629. The van der Waals surface area contributed by atoms with Gasteiger partial charge in [0.1, 0.15) is 5.82 Å². The van der Waals surface area contributed by atoms with Crippen LogP contribution in [0.5, 0.6) is 0 Å². The van der Waals surface area contributed by atoms with Crippen LogP contribution in [0.1, 0.15) is 31.4 Å². The Labute approximate surface area is 135 Å². The first-order valence-electron chi connectivity index (χ1n) is 7.84. The number of halogens is 1. The molecule has 0 aliphatic rings. The first-order valence-corrected chi connectivity index (χ1v) is 7.84. The average molecular weight is 318 g/mol. The van der Waals surface area contributed by atoms with Crippen LogP contribution in [0.3, 0.4) is 0 Å². The fourth-order valence-electron chi connectivity index (χ4n) is 2.35. The Balaban J connectivity index is 1.87. The number of aromatic nitrogens is 3. The average Bonchev–Trinajstić information content (AvgIpc) is 3.01. The predicted octanol–water partition coefficient (Wildman–Crippen LogP) is 2.50. The first kappa shape index (κ1) is 17.1. The monoisotopic (exact) mass is 318 g/mol. The second kappa shape index (κ2) is 7.85. The smallest absolute Gasteiger partial charge is 0.220 e. The Kier molecular flexibility index (Phi) is 5.84. The van der Waals surface area contributed by atoms with Crippen LogP contribution >= 0.6 is 0 Å². The summed E-state index contributed by atoms with van der Waals surface area (Å²) in [5, 5.41) is 10.8. The van der Waals surface area contributed by atoms with Gasteiger partial charge in [0.15, 0.2) is 0 Å². The Hall–Kier alpha value is -2.24. The van der Waals surface area contributed by atoms with Gasteiger partial charge in [-0.15, -0.1) is 5.10 Å². The third-order valence-electron chi connectivity index (χ3n) is 3.87. The number of hydrogen-bond donors (Lipinski definition) is 1. The van der Waals surface area contributed by atoms with E-state index in [1.165, 1.54) is 6.07 Å². The van der Waals surface area contributed by atoms with Gasteiger partial charge in [0.05, 0.1) is 18.8 Å². The zero-order chi connectivity index (χ0) is 16.8. The van der Waals surface area contributed by atoms with Gasteiger partial charge in [-0.1, -0.05) is 31.2 Å². The molecule has 0 bridgehead atoms. The predicted molar refractivity (Wildman–Crippen MR) is 86.2 cm³/mol. The topological polar surface area (TPSA) is 59.8 Å². The zero-order valence-electron chi connectivity index (χ0n) is 13.8. The molecule has 2 aromatic rings. The summed E-state index contributed by atoms with van der Waals surface area (Å²) in [4.78, 5) is 12.2. The summed E-state index contributed by atoms with van der Waals surface area (Å²) in [6.07, 6.45) is 4.38. The quantitative estimate of drug-likeness (QED) is 0.853. The van der Waals surface area contributed by atoms with Gasteiger partial charge in [-0.05, 0) is 36.5 Å². The standard InChI is InChI=1S/C17H23FN4O/c1-12(2)16(11-22-9-8-19-21-22)20-17(23)7-5-14-4-6-15(18)13(3)10-14/h4,6,8-10,12,16H,5,7,11H2,1-3H3,(H,20,23)/t16-/m0/s1. The third kappa shape index (κ3) is 5.16. The van der Waals surface area contributed by atoms with E-state index in [4.69, 9.17) is 0 Å². The molecule has 0 saturated carbocycles. The lowest BCUT2D eigenvalue weighted by atomic mass is 10.0. The van der Waals surface area contributed by atoms with Crippen LogP contribution in [0.15, 0.2) is 30.6 Å². The molecule has 1 N–H and O–H groups in total. The highest BCUT2D eigenvalue weighted by atomic mass is 19.1. The van der Waals surface area contributed by atoms with Crippen LogP contribution < -0.4 is 5.32 Å². The first-order chi connectivity index (χ1) is 11.0. The molecule has 1 aromatic heterocycles. The number of rotatable bonds is 7. The highest BCUT2D eigenvalue weighted by Crippen LogP contribution is 2.11. The molecular formula is C17H23FN4O. The lowest BCUT2D eigenvalue weighted by Crippen LogP contribution is -2.41. The fraction of sp³-hybridized carbons (Fsp3) is 0.471. The van der Waals surface area contributed by atoms with E-state index < -0.39 is 0 Å². The van der Waals surface area contributed by atoms with Gasteiger partial charge in [-0.25, -0.2) is 4.39 Å². The lowest BCUT2D eigenvalue weighted by Gasteiger charge is -2.22. The normalized spacial score (nSPS) is 12.4. The second-order valence-electron chi connectivity index (χ2n) is 6.13. The maximum atomic E-state index is 13.2.